The Kier molecular flexibility index (Phi) is 5.47. The molecule has 0 saturated heterocycles. The van der Waals surface area contributed by atoms with Gasteiger partial charge in [-0.15, -0.1) is 11.3 Å². The van der Waals surface area contributed by atoms with E-state index in [1.54, 1.807) is 30.4 Å². The van der Waals surface area contributed by atoms with E-state index >= 15 is 0 Å². The van der Waals surface area contributed by atoms with Gasteiger partial charge in [-0.05, 0) is 38.3 Å². The minimum atomic E-state index is -0.738. The van der Waals surface area contributed by atoms with Gasteiger partial charge in [0.1, 0.15) is 11.6 Å². The highest BCUT2D eigenvalue weighted by molar-refractivity contribution is 7.09. The molecule has 8 heteroatoms. The Bertz CT molecular complexity index is 1190. The van der Waals surface area contributed by atoms with Crippen molar-refractivity contribution in [3.05, 3.63) is 78.0 Å². The third kappa shape index (κ3) is 3.49. The van der Waals surface area contributed by atoms with E-state index in [4.69, 9.17) is 5.26 Å². The second-order valence-electron chi connectivity index (χ2n) is 6.49. The molecule has 0 radical (unpaired) electrons. The van der Waals surface area contributed by atoms with Crippen molar-refractivity contribution in [2.75, 3.05) is 0 Å². The zero-order valence-electron chi connectivity index (χ0n) is 15.9. The quantitative estimate of drug-likeness (QED) is 0.598. The minimum Gasteiger partial charge on any atom is -0.343 e. The fraction of sp³-hybridized carbons (Fsp3) is 0.300. The number of aromatic nitrogens is 3. The second-order valence-corrected chi connectivity index (χ2v) is 7.52. The number of aryl methyl sites for hydroxylation is 2. The molecule has 3 aromatic heterocycles. The summed E-state index contributed by atoms with van der Waals surface area (Å²) in [4.78, 5) is 39.0. The first-order valence-corrected chi connectivity index (χ1v) is 9.72. The maximum atomic E-state index is 12.9. The summed E-state index contributed by atoms with van der Waals surface area (Å²) in [5.41, 5.74) is 0.711. The van der Waals surface area contributed by atoms with Crippen molar-refractivity contribution in [2.24, 2.45) is 0 Å². The Morgan fingerprint density at radius 3 is 2.61 bits per heavy atom. The number of nitriles is 1. The van der Waals surface area contributed by atoms with Crippen molar-refractivity contribution in [2.45, 2.75) is 40.4 Å². The highest BCUT2D eigenvalue weighted by Crippen LogP contribution is 2.20. The number of carbonyl (C=O) groups excluding carboxylic acids is 1. The summed E-state index contributed by atoms with van der Waals surface area (Å²) in [6.45, 7) is 6.08. The lowest BCUT2D eigenvalue weighted by molar-refractivity contribution is 0.0967. The molecule has 0 fully saturated rings. The van der Waals surface area contributed by atoms with Gasteiger partial charge in [-0.2, -0.15) is 5.26 Å². The Morgan fingerprint density at radius 1 is 1.25 bits per heavy atom. The van der Waals surface area contributed by atoms with Crippen LogP contribution in [0.15, 0.2) is 39.4 Å². The van der Waals surface area contributed by atoms with Crippen LogP contribution in [0.5, 0.6) is 0 Å². The molecule has 0 aliphatic rings. The van der Waals surface area contributed by atoms with Crippen molar-refractivity contribution >= 4 is 17.1 Å². The first-order chi connectivity index (χ1) is 13.4. The van der Waals surface area contributed by atoms with Gasteiger partial charge in [-0.3, -0.25) is 18.7 Å². The van der Waals surface area contributed by atoms with Crippen molar-refractivity contribution in [1.82, 2.24) is 13.7 Å². The second kappa shape index (κ2) is 7.82. The first-order valence-electron chi connectivity index (χ1n) is 8.84. The normalized spacial score (nSPS) is 10.8. The number of thiophene rings is 1. The van der Waals surface area contributed by atoms with E-state index in [1.165, 1.54) is 15.6 Å². The number of ketones is 1. The highest BCUT2D eigenvalue weighted by atomic mass is 32.1. The molecule has 3 aromatic rings. The predicted molar refractivity (Wildman–Crippen MR) is 107 cm³/mol. The van der Waals surface area contributed by atoms with Crippen LogP contribution in [0.25, 0.3) is 0 Å². The maximum absolute atomic E-state index is 12.9. The molecule has 0 atom stereocenters. The number of Topliss-reactive ketones (excluding diaryl/α,β-unsaturated/α-hetero) is 1. The Morgan fingerprint density at radius 2 is 2.00 bits per heavy atom. The van der Waals surface area contributed by atoms with Gasteiger partial charge < -0.3 is 4.57 Å². The van der Waals surface area contributed by atoms with Crippen LogP contribution < -0.4 is 11.2 Å². The molecule has 7 nitrogen and oxygen atoms in total. The van der Waals surface area contributed by atoms with E-state index in [0.717, 1.165) is 16.0 Å². The number of carbonyl (C=O) groups is 1. The van der Waals surface area contributed by atoms with Crippen LogP contribution in [0.3, 0.4) is 0 Å². The monoisotopic (exact) mass is 396 g/mol. The van der Waals surface area contributed by atoms with E-state index in [2.05, 4.69) is 0 Å². The standard InChI is InChI=1S/C20H20N4O3S/c1-4-22-10-15(9-21)19(26)24(20(22)27)12-18(25)17-8-13(2)23(14(17)3)11-16-6-5-7-28-16/h5-8,10H,4,11-12H2,1-3H3. The molecule has 144 valence electrons. The van der Waals surface area contributed by atoms with Gasteiger partial charge in [0.05, 0.1) is 13.1 Å². The van der Waals surface area contributed by atoms with Crippen LogP contribution in [0.2, 0.25) is 0 Å². The summed E-state index contributed by atoms with van der Waals surface area (Å²) < 4.78 is 4.14. The molecular weight excluding hydrogens is 376 g/mol. The largest absolute Gasteiger partial charge is 0.343 e. The third-order valence-electron chi connectivity index (χ3n) is 4.77. The van der Waals surface area contributed by atoms with Crippen LogP contribution in [0.4, 0.5) is 0 Å². The smallest absolute Gasteiger partial charge is 0.331 e. The van der Waals surface area contributed by atoms with Crippen LogP contribution in [0, 0.1) is 25.2 Å². The number of hydrogen-bond acceptors (Lipinski definition) is 5. The fourth-order valence-corrected chi connectivity index (χ4v) is 3.90. The number of rotatable bonds is 6. The Balaban J connectivity index is 1.98. The lowest BCUT2D eigenvalue weighted by Gasteiger charge is -2.10. The molecule has 0 aromatic carbocycles. The lowest BCUT2D eigenvalue weighted by Crippen LogP contribution is -2.42. The molecular formula is C20H20N4O3S. The summed E-state index contributed by atoms with van der Waals surface area (Å²) in [5, 5.41) is 11.1. The molecule has 3 heterocycles. The van der Waals surface area contributed by atoms with Crippen LogP contribution in [-0.2, 0) is 19.6 Å². The molecule has 0 bridgehead atoms. The van der Waals surface area contributed by atoms with E-state index in [1.807, 2.05) is 35.9 Å². The topological polar surface area (TPSA) is 89.8 Å². The van der Waals surface area contributed by atoms with Gasteiger partial charge in [0.15, 0.2) is 5.78 Å². The van der Waals surface area contributed by atoms with Crippen LogP contribution >= 0.6 is 11.3 Å². The van der Waals surface area contributed by atoms with Gasteiger partial charge in [0, 0.05) is 34.6 Å². The molecule has 0 unspecified atom stereocenters. The molecule has 0 amide bonds. The summed E-state index contributed by atoms with van der Waals surface area (Å²) in [5.74, 6) is -0.331. The van der Waals surface area contributed by atoms with Gasteiger partial charge in [0.25, 0.3) is 5.56 Å². The number of nitrogens with zero attached hydrogens (tertiary/aromatic N) is 4. The summed E-state index contributed by atoms with van der Waals surface area (Å²) in [6.07, 6.45) is 1.23. The minimum absolute atomic E-state index is 0.155. The Labute approximate surface area is 165 Å². The summed E-state index contributed by atoms with van der Waals surface area (Å²) in [7, 11) is 0. The van der Waals surface area contributed by atoms with Gasteiger partial charge in [0.2, 0.25) is 0 Å². The molecule has 0 saturated carbocycles. The van der Waals surface area contributed by atoms with Crippen molar-refractivity contribution in [3.63, 3.8) is 0 Å². The van der Waals surface area contributed by atoms with Crippen molar-refractivity contribution < 1.29 is 4.79 Å². The Hall–Kier alpha value is -3.18. The highest BCUT2D eigenvalue weighted by Gasteiger charge is 2.19. The van der Waals surface area contributed by atoms with Gasteiger partial charge in [-0.1, -0.05) is 6.07 Å². The van der Waals surface area contributed by atoms with E-state index in [-0.39, 0.29) is 11.3 Å². The molecule has 0 aliphatic heterocycles. The van der Waals surface area contributed by atoms with Gasteiger partial charge in [-0.25, -0.2) is 4.79 Å². The average Bonchev–Trinajstić information content (AvgIpc) is 3.29. The predicted octanol–water partition coefficient (Wildman–Crippen LogP) is 2.31. The molecule has 0 spiro atoms. The first kappa shape index (κ1) is 19.6. The lowest BCUT2D eigenvalue weighted by atomic mass is 10.1. The summed E-state index contributed by atoms with van der Waals surface area (Å²) in [6, 6.07) is 7.59. The maximum Gasteiger partial charge on any atom is 0.331 e. The summed E-state index contributed by atoms with van der Waals surface area (Å²) >= 11 is 1.64. The zero-order valence-corrected chi connectivity index (χ0v) is 16.7. The van der Waals surface area contributed by atoms with Crippen LogP contribution in [0.1, 0.15) is 39.1 Å². The third-order valence-corrected chi connectivity index (χ3v) is 5.63. The average molecular weight is 396 g/mol. The van der Waals surface area contributed by atoms with E-state index in [9.17, 15) is 14.4 Å². The van der Waals surface area contributed by atoms with Gasteiger partial charge >= 0.3 is 5.69 Å². The van der Waals surface area contributed by atoms with E-state index in [0.29, 0.717) is 18.7 Å². The van der Waals surface area contributed by atoms with Crippen molar-refractivity contribution in [3.8, 4) is 6.07 Å². The molecule has 3 rings (SSSR count). The SMILES string of the molecule is CCn1cc(C#N)c(=O)n(CC(=O)c2cc(C)n(Cc3cccs3)c2C)c1=O. The molecule has 0 N–H and O–H groups in total. The fourth-order valence-electron chi connectivity index (χ4n) is 3.21. The molecule has 28 heavy (non-hydrogen) atoms. The molecule has 0 aliphatic carbocycles. The van der Waals surface area contributed by atoms with E-state index < -0.39 is 17.8 Å². The zero-order chi connectivity index (χ0) is 20.4. The number of hydrogen-bond donors (Lipinski definition) is 0. The van der Waals surface area contributed by atoms with Crippen molar-refractivity contribution in [1.29, 1.82) is 5.26 Å². The van der Waals surface area contributed by atoms with Crippen LogP contribution in [-0.4, -0.2) is 19.5 Å².